The lowest BCUT2D eigenvalue weighted by Crippen LogP contribution is -2.49. The van der Waals surface area contributed by atoms with E-state index in [1.165, 1.54) is 39.4 Å². The lowest BCUT2D eigenvalue weighted by atomic mass is 9.86. The molecule has 6 rings (SSSR count). The molecule has 0 atom stereocenters. The number of likely N-dealkylation sites (tertiary alicyclic amines) is 1. The highest BCUT2D eigenvalue weighted by atomic mass is 32.2. The van der Waals surface area contributed by atoms with E-state index in [0.717, 1.165) is 56.0 Å². The van der Waals surface area contributed by atoms with Gasteiger partial charge in [0.25, 0.3) is 5.91 Å². The Bertz CT molecular complexity index is 2040. The number of rotatable bonds is 10. The summed E-state index contributed by atoms with van der Waals surface area (Å²) < 4.78 is 32.5. The molecule has 2 aromatic carbocycles. The van der Waals surface area contributed by atoms with Crippen molar-refractivity contribution in [2.45, 2.75) is 46.0 Å². The number of benzene rings is 2. The van der Waals surface area contributed by atoms with E-state index in [4.69, 9.17) is 9.72 Å². The zero-order valence-corrected chi connectivity index (χ0v) is 32.0. The molecule has 4 aromatic rings. The SMILES string of the molecule is COc1c(NC(=O)c2ccc(C)c(Nc3ncnc4cnc(N5CCN(CC6CCN(C)CC6)CC5)nc34)c2)cc(C(C)(C)C)cc1NS(C)(=O)=O. The summed E-state index contributed by atoms with van der Waals surface area (Å²) in [7, 11) is 0.0154. The lowest BCUT2D eigenvalue weighted by Gasteiger charge is -2.38. The molecule has 0 aliphatic carbocycles. The van der Waals surface area contributed by atoms with Crippen molar-refractivity contribution >= 4 is 55.8 Å². The predicted octanol–water partition coefficient (Wildman–Crippen LogP) is 4.87. The van der Waals surface area contributed by atoms with E-state index >= 15 is 0 Å². The number of anilines is 5. The second-order valence-corrected chi connectivity index (χ2v) is 16.7. The van der Waals surface area contributed by atoms with Gasteiger partial charge < -0.3 is 25.2 Å². The van der Waals surface area contributed by atoms with Crippen LogP contribution in [0.2, 0.25) is 0 Å². The van der Waals surface area contributed by atoms with Crippen LogP contribution in [0.1, 0.15) is 55.1 Å². The number of aromatic nitrogens is 4. The molecule has 2 aliphatic heterocycles. The van der Waals surface area contributed by atoms with Gasteiger partial charge in [0.2, 0.25) is 16.0 Å². The number of methoxy groups -OCH3 is 1. The molecule has 0 unspecified atom stereocenters. The van der Waals surface area contributed by atoms with Crippen molar-refractivity contribution in [3.8, 4) is 5.75 Å². The molecule has 3 N–H and O–H groups in total. The number of ether oxygens (including phenoxy) is 1. The number of hydrogen-bond acceptors (Lipinski definition) is 12. The summed E-state index contributed by atoms with van der Waals surface area (Å²) in [6.45, 7) is 15.1. The number of sulfonamides is 1. The fourth-order valence-corrected chi connectivity index (χ4v) is 7.25. The normalized spacial score (nSPS) is 16.6. The first-order valence-corrected chi connectivity index (χ1v) is 19.6. The molecule has 14 nitrogen and oxygen atoms in total. The zero-order chi connectivity index (χ0) is 37.2. The number of aryl methyl sites for hydroxylation is 1. The maximum absolute atomic E-state index is 13.7. The van der Waals surface area contributed by atoms with Crippen molar-refractivity contribution in [1.82, 2.24) is 29.7 Å². The smallest absolute Gasteiger partial charge is 0.255 e. The van der Waals surface area contributed by atoms with Crippen molar-refractivity contribution in [2.24, 2.45) is 5.92 Å². The average Bonchev–Trinajstić information content (AvgIpc) is 3.09. The van der Waals surface area contributed by atoms with Crippen LogP contribution in [0.25, 0.3) is 11.0 Å². The molecule has 2 saturated heterocycles. The summed E-state index contributed by atoms with van der Waals surface area (Å²) in [6, 6.07) is 8.86. The van der Waals surface area contributed by atoms with E-state index < -0.39 is 15.9 Å². The number of fused-ring (bicyclic) bond motifs is 1. The third kappa shape index (κ3) is 8.88. The minimum absolute atomic E-state index is 0.207. The Morgan fingerprint density at radius 2 is 1.67 bits per heavy atom. The highest BCUT2D eigenvalue weighted by Crippen LogP contribution is 2.39. The summed E-state index contributed by atoms with van der Waals surface area (Å²) >= 11 is 0. The van der Waals surface area contributed by atoms with Crippen molar-refractivity contribution < 1.29 is 17.9 Å². The lowest BCUT2D eigenvalue weighted by molar-refractivity contribution is 0.102. The highest BCUT2D eigenvalue weighted by molar-refractivity contribution is 7.92. The fourth-order valence-electron chi connectivity index (χ4n) is 6.70. The monoisotopic (exact) mass is 730 g/mol. The van der Waals surface area contributed by atoms with E-state index in [1.807, 2.05) is 33.8 Å². The van der Waals surface area contributed by atoms with Crippen LogP contribution in [-0.4, -0.2) is 110 Å². The largest absolute Gasteiger partial charge is 0.492 e. The summed E-state index contributed by atoms with van der Waals surface area (Å²) in [5.74, 6) is 1.72. The fraction of sp³-hybridized carbons (Fsp3) is 0.486. The summed E-state index contributed by atoms with van der Waals surface area (Å²) in [5, 5.41) is 6.34. The molecule has 4 heterocycles. The Morgan fingerprint density at radius 3 is 2.35 bits per heavy atom. The van der Waals surface area contributed by atoms with Crippen molar-refractivity contribution in [2.75, 3.05) is 86.5 Å². The van der Waals surface area contributed by atoms with Gasteiger partial charge >= 0.3 is 0 Å². The third-order valence-electron chi connectivity index (χ3n) is 9.83. The molecule has 2 fully saturated rings. The topological polar surface area (TPSA) is 158 Å². The molecule has 0 saturated carbocycles. The Morgan fingerprint density at radius 1 is 0.962 bits per heavy atom. The third-order valence-corrected chi connectivity index (χ3v) is 10.4. The zero-order valence-electron chi connectivity index (χ0n) is 31.2. The van der Waals surface area contributed by atoms with E-state index in [0.29, 0.717) is 39.7 Å². The quantitative estimate of drug-likeness (QED) is 0.204. The van der Waals surface area contributed by atoms with Gasteiger partial charge in [-0.2, -0.15) is 0 Å². The molecule has 15 heteroatoms. The van der Waals surface area contributed by atoms with Gasteiger partial charge in [-0.1, -0.05) is 26.8 Å². The molecule has 1 amide bonds. The Labute approximate surface area is 306 Å². The minimum atomic E-state index is -3.62. The van der Waals surface area contributed by atoms with Gasteiger partial charge in [0, 0.05) is 44.0 Å². The van der Waals surface area contributed by atoms with Crippen LogP contribution in [0.5, 0.6) is 5.75 Å². The van der Waals surface area contributed by atoms with Crippen LogP contribution < -0.4 is 25.0 Å². The highest BCUT2D eigenvalue weighted by Gasteiger charge is 2.25. The van der Waals surface area contributed by atoms with E-state index in [1.54, 1.807) is 30.5 Å². The minimum Gasteiger partial charge on any atom is -0.492 e. The summed E-state index contributed by atoms with van der Waals surface area (Å²) in [5.41, 5.74) is 4.19. The van der Waals surface area contributed by atoms with Crippen molar-refractivity contribution in [1.29, 1.82) is 0 Å². The van der Waals surface area contributed by atoms with Crippen molar-refractivity contribution in [3.05, 3.63) is 59.5 Å². The van der Waals surface area contributed by atoms with Crippen LogP contribution >= 0.6 is 0 Å². The van der Waals surface area contributed by atoms with Crippen LogP contribution in [-0.2, 0) is 15.4 Å². The first-order valence-electron chi connectivity index (χ1n) is 17.7. The van der Waals surface area contributed by atoms with Gasteiger partial charge in [0.05, 0.1) is 30.9 Å². The average molecular weight is 731 g/mol. The molecule has 0 radical (unpaired) electrons. The number of nitrogens with one attached hydrogen (secondary N) is 3. The predicted molar refractivity (Wildman–Crippen MR) is 207 cm³/mol. The first-order chi connectivity index (χ1) is 24.7. The van der Waals surface area contributed by atoms with E-state index in [-0.39, 0.29) is 16.9 Å². The van der Waals surface area contributed by atoms with Gasteiger partial charge in [-0.15, -0.1) is 0 Å². The number of hydrogen-bond donors (Lipinski definition) is 3. The maximum Gasteiger partial charge on any atom is 0.255 e. The molecule has 0 spiro atoms. The second kappa shape index (κ2) is 15.2. The molecule has 2 aliphatic rings. The number of piperidine rings is 1. The standard InChI is InChI=1S/C37H50N10O4S/c1-24-8-9-26(35(48)42-29-19-27(37(2,3)4)20-30(33(29)51-6)44-52(7,49)50)18-28(24)41-34-32-31(39-23-40-34)21-38-36(43-32)47-16-14-46(15-17-47)22-25-10-12-45(5)13-11-25/h8-9,18-21,23,25,44H,10-17,22H2,1-7H3,(H,42,48)(H,39,40,41). The molecule has 278 valence electrons. The molecular weight excluding hydrogens is 681 g/mol. The van der Waals surface area contributed by atoms with Crippen LogP contribution in [0, 0.1) is 12.8 Å². The number of piperazine rings is 1. The van der Waals surface area contributed by atoms with Gasteiger partial charge in [-0.25, -0.2) is 28.4 Å². The Balaban J connectivity index is 1.20. The summed E-state index contributed by atoms with van der Waals surface area (Å²) in [6.07, 6.45) is 6.80. The molecular formula is C37H50N10O4S. The van der Waals surface area contributed by atoms with Crippen LogP contribution in [0.3, 0.4) is 0 Å². The molecule has 52 heavy (non-hydrogen) atoms. The first kappa shape index (κ1) is 37.2. The number of carbonyl (C=O) groups is 1. The van der Waals surface area contributed by atoms with Gasteiger partial charge in [0.1, 0.15) is 17.4 Å². The van der Waals surface area contributed by atoms with Crippen LogP contribution in [0.15, 0.2) is 42.9 Å². The summed E-state index contributed by atoms with van der Waals surface area (Å²) in [4.78, 5) is 39.5. The number of amides is 1. The number of carbonyl (C=O) groups excluding carboxylic acids is 1. The van der Waals surface area contributed by atoms with Gasteiger partial charge in [-0.3, -0.25) is 14.4 Å². The Hall–Kier alpha value is -4.60. The van der Waals surface area contributed by atoms with E-state index in [2.05, 4.69) is 52.1 Å². The molecule has 2 aromatic heterocycles. The molecule has 0 bridgehead atoms. The van der Waals surface area contributed by atoms with Crippen molar-refractivity contribution in [3.63, 3.8) is 0 Å². The van der Waals surface area contributed by atoms with E-state index in [9.17, 15) is 13.2 Å². The number of nitrogens with zero attached hydrogens (tertiary/aromatic N) is 7. The Kier molecular flexibility index (Phi) is 10.8. The van der Waals surface area contributed by atoms with Crippen LogP contribution in [0.4, 0.5) is 28.8 Å². The second-order valence-electron chi connectivity index (χ2n) is 15.0. The van der Waals surface area contributed by atoms with Gasteiger partial charge in [-0.05, 0) is 86.6 Å². The maximum atomic E-state index is 13.7. The van der Waals surface area contributed by atoms with Gasteiger partial charge in [0.15, 0.2) is 11.6 Å².